The number of ether oxygens (including phenoxy) is 1. The topological polar surface area (TPSA) is 61.0 Å². The molecular weight excluding hydrogens is 310 g/mol. The van der Waals surface area contributed by atoms with Crippen LogP contribution in [0.15, 0.2) is 33.4 Å². The summed E-state index contributed by atoms with van der Waals surface area (Å²) in [5.41, 5.74) is 0.813. The molecule has 0 N–H and O–H groups in total. The van der Waals surface area contributed by atoms with Crippen LogP contribution >= 0.6 is 15.9 Å². The molecule has 2 aromatic rings. The fourth-order valence-electron chi connectivity index (χ4n) is 2.07. The molecule has 19 heavy (non-hydrogen) atoms. The third-order valence-corrected chi connectivity index (χ3v) is 3.86. The lowest BCUT2D eigenvalue weighted by atomic mass is 10.1. The number of nitrogens with zero attached hydrogens (tertiary/aromatic N) is 3. The van der Waals surface area contributed by atoms with Gasteiger partial charge in [-0.05, 0) is 34.8 Å². The van der Waals surface area contributed by atoms with Crippen molar-refractivity contribution in [2.45, 2.75) is 18.8 Å². The van der Waals surface area contributed by atoms with Crippen LogP contribution in [0.1, 0.15) is 24.7 Å². The van der Waals surface area contributed by atoms with Crippen molar-refractivity contribution in [1.82, 2.24) is 15.1 Å². The normalized spacial score (nSPS) is 15.1. The third-order valence-electron chi connectivity index (χ3n) is 3.09. The Balaban J connectivity index is 1.94. The van der Waals surface area contributed by atoms with Gasteiger partial charge in [-0.3, -0.25) is 0 Å². The molecule has 1 aliphatic rings. The van der Waals surface area contributed by atoms with Crippen LogP contribution < -0.4 is 4.74 Å². The van der Waals surface area contributed by atoms with Gasteiger partial charge in [0.05, 0.1) is 11.6 Å². The van der Waals surface area contributed by atoms with Crippen LogP contribution in [0.3, 0.4) is 0 Å². The summed E-state index contributed by atoms with van der Waals surface area (Å²) in [4.78, 5) is 8.57. The predicted octanol–water partition coefficient (Wildman–Crippen LogP) is 3.34. The van der Waals surface area contributed by atoms with Crippen molar-refractivity contribution < 1.29 is 9.26 Å². The Morgan fingerprint density at radius 2 is 2.16 bits per heavy atom. The molecule has 0 aromatic carbocycles. The van der Waals surface area contributed by atoms with E-state index in [1.165, 1.54) is 0 Å². The summed E-state index contributed by atoms with van der Waals surface area (Å²) in [5, 5.41) is 4.04. The van der Waals surface area contributed by atoms with Crippen LogP contribution in [0, 0.1) is 0 Å². The number of rotatable bonds is 3. The van der Waals surface area contributed by atoms with Crippen LogP contribution in [-0.2, 0) is 0 Å². The van der Waals surface area contributed by atoms with E-state index in [1.807, 2.05) is 6.07 Å². The minimum Gasteiger partial charge on any atom is -0.480 e. The molecular formula is C13H12BrN3O2. The van der Waals surface area contributed by atoms with Gasteiger partial charge in [-0.15, -0.1) is 0 Å². The summed E-state index contributed by atoms with van der Waals surface area (Å²) in [7, 11) is 1.57. The van der Waals surface area contributed by atoms with Gasteiger partial charge in [-0.2, -0.15) is 4.98 Å². The second kappa shape index (κ2) is 5.13. The average Bonchev–Trinajstić information content (AvgIpc) is 3.09. The summed E-state index contributed by atoms with van der Waals surface area (Å²) >= 11 is 3.45. The Bertz CT molecular complexity index is 616. The fourth-order valence-corrected chi connectivity index (χ4v) is 2.64. The molecule has 0 aliphatic heterocycles. The molecule has 0 saturated carbocycles. The van der Waals surface area contributed by atoms with E-state index in [9.17, 15) is 0 Å². The zero-order chi connectivity index (χ0) is 13.2. The lowest BCUT2D eigenvalue weighted by molar-refractivity contribution is 0.357. The van der Waals surface area contributed by atoms with E-state index in [0.29, 0.717) is 23.5 Å². The van der Waals surface area contributed by atoms with Gasteiger partial charge in [0.1, 0.15) is 0 Å². The van der Waals surface area contributed by atoms with E-state index < -0.39 is 0 Å². The summed E-state index contributed by atoms with van der Waals surface area (Å²) in [5.74, 6) is 2.05. The molecule has 0 atom stereocenters. The number of allylic oxidation sites excluding steroid dienone is 2. The van der Waals surface area contributed by atoms with Crippen molar-refractivity contribution >= 4 is 15.9 Å². The van der Waals surface area contributed by atoms with E-state index >= 15 is 0 Å². The van der Waals surface area contributed by atoms with Crippen LogP contribution in [0.4, 0.5) is 0 Å². The maximum atomic E-state index is 5.35. The molecule has 2 heterocycles. The highest BCUT2D eigenvalue weighted by molar-refractivity contribution is 9.10. The first-order valence-electron chi connectivity index (χ1n) is 5.97. The Labute approximate surface area is 118 Å². The monoisotopic (exact) mass is 321 g/mol. The molecule has 0 amide bonds. The first-order valence-corrected chi connectivity index (χ1v) is 6.76. The van der Waals surface area contributed by atoms with Gasteiger partial charge in [0.25, 0.3) is 0 Å². The van der Waals surface area contributed by atoms with Crippen LogP contribution in [0.25, 0.3) is 11.4 Å². The Hall–Kier alpha value is -1.69. The molecule has 0 fully saturated rings. The van der Waals surface area contributed by atoms with E-state index in [0.717, 1.165) is 22.9 Å². The molecule has 1 aliphatic carbocycles. The maximum absolute atomic E-state index is 5.35. The highest BCUT2D eigenvalue weighted by Gasteiger charge is 2.21. The molecule has 2 aromatic heterocycles. The Morgan fingerprint density at radius 3 is 2.89 bits per heavy atom. The molecule has 0 spiro atoms. The minimum atomic E-state index is 0.309. The van der Waals surface area contributed by atoms with Crippen LogP contribution in [0.2, 0.25) is 0 Å². The van der Waals surface area contributed by atoms with Crippen LogP contribution in [0.5, 0.6) is 5.88 Å². The quantitative estimate of drug-likeness (QED) is 0.811. The molecule has 0 saturated heterocycles. The standard InChI is InChI=1S/C13H12BrN3O2/c1-18-13-10(14)9(6-7-15-13)11-16-12(19-17-11)8-4-2-3-5-8/h2-3,6-8H,4-5H2,1H3. The van der Waals surface area contributed by atoms with Gasteiger partial charge in [0.15, 0.2) is 0 Å². The fraction of sp³-hybridized carbons (Fsp3) is 0.308. The van der Waals surface area contributed by atoms with Crippen molar-refractivity contribution in [3.05, 3.63) is 34.8 Å². The Kier molecular flexibility index (Phi) is 3.33. The molecule has 0 bridgehead atoms. The first kappa shape index (κ1) is 12.3. The van der Waals surface area contributed by atoms with E-state index in [1.54, 1.807) is 13.3 Å². The highest BCUT2D eigenvalue weighted by Crippen LogP contribution is 2.34. The van der Waals surface area contributed by atoms with E-state index in [4.69, 9.17) is 9.26 Å². The maximum Gasteiger partial charge on any atom is 0.230 e. The van der Waals surface area contributed by atoms with E-state index in [-0.39, 0.29) is 0 Å². The van der Waals surface area contributed by atoms with Gasteiger partial charge >= 0.3 is 0 Å². The highest BCUT2D eigenvalue weighted by atomic mass is 79.9. The second-order valence-corrected chi connectivity index (χ2v) is 5.07. The summed E-state index contributed by atoms with van der Waals surface area (Å²) in [6.45, 7) is 0. The lowest BCUT2D eigenvalue weighted by Gasteiger charge is -2.04. The number of hydrogen-bond donors (Lipinski definition) is 0. The van der Waals surface area contributed by atoms with Gasteiger partial charge < -0.3 is 9.26 Å². The first-order chi connectivity index (χ1) is 9.29. The largest absolute Gasteiger partial charge is 0.480 e. The smallest absolute Gasteiger partial charge is 0.230 e. The van der Waals surface area contributed by atoms with Crippen LogP contribution in [-0.4, -0.2) is 22.2 Å². The molecule has 98 valence electrons. The van der Waals surface area contributed by atoms with Gasteiger partial charge in [-0.25, -0.2) is 4.98 Å². The van der Waals surface area contributed by atoms with Crippen molar-refractivity contribution in [2.24, 2.45) is 0 Å². The number of methoxy groups -OCH3 is 1. The van der Waals surface area contributed by atoms with Crippen molar-refractivity contribution in [3.63, 3.8) is 0 Å². The number of aromatic nitrogens is 3. The van der Waals surface area contributed by atoms with Gasteiger partial charge in [-0.1, -0.05) is 17.3 Å². The molecule has 6 heteroatoms. The second-order valence-electron chi connectivity index (χ2n) is 4.28. The SMILES string of the molecule is COc1nccc(-c2noc(C3CC=CC3)n2)c1Br. The van der Waals surface area contributed by atoms with Gasteiger partial charge in [0.2, 0.25) is 17.6 Å². The van der Waals surface area contributed by atoms with Crippen molar-refractivity contribution in [3.8, 4) is 17.3 Å². The minimum absolute atomic E-state index is 0.309. The number of hydrogen-bond acceptors (Lipinski definition) is 5. The molecule has 0 unspecified atom stereocenters. The summed E-state index contributed by atoms with van der Waals surface area (Å²) < 4.78 is 11.2. The van der Waals surface area contributed by atoms with Gasteiger partial charge in [0, 0.05) is 17.7 Å². The van der Waals surface area contributed by atoms with Crippen molar-refractivity contribution in [2.75, 3.05) is 7.11 Å². The third kappa shape index (κ3) is 2.28. The molecule has 0 radical (unpaired) electrons. The summed E-state index contributed by atoms with van der Waals surface area (Å²) in [6, 6.07) is 1.83. The average molecular weight is 322 g/mol. The predicted molar refractivity (Wildman–Crippen MR) is 72.9 cm³/mol. The summed E-state index contributed by atoms with van der Waals surface area (Å²) in [6.07, 6.45) is 7.86. The molecule has 5 nitrogen and oxygen atoms in total. The zero-order valence-electron chi connectivity index (χ0n) is 10.3. The zero-order valence-corrected chi connectivity index (χ0v) is 11.9. The molecule has 3 rings (SSSR count). The Morgan fingerprint density at radius 1 is 1.37 bits per heavy atom. The van der Waals surface area contributed by atoms with E-state index in [2.05, 4.69) is 43.2 Å². The lowest BCUT2D eigenvalue weighted by Crippen LogP contribution is -1.94. The van der Waals surface area contributed by atoms with Crippen molar-refractivity contribution in [1.29, 1.82) is 0 Å². The number of halogens is 1. The number of pyridine rings is 1.